The van der Waals surface area contributed by atoms with Gasteiger partial charge in [0.25, 0.3) is 5.91 Å². The largest absolute Gasteiger partial charge is 0.375 e. The lowest BCUT2D eigenvalue weighted by atomic mass is 9.73. The predicted molar refractivity (Wildman–Crippen MR) is 115 cm³/mol. The molecule has 2 aliphatic heterocycles. The molecule has 3 heterocycles. The van der Waals surface area contributed by atoms with E-state index >= 15 is 0 Å². The number of piperidine rings is 1. The number of aromatic nitrogens is 1. The van der Waals surface area contributed by atoms with Gasteiger partial charge in [-0.2, -0.15) is 0 Å². The Morgan fingerprint density at radius 3 is 2.67 bits per heavy atom. The summed E-state index contributed by atoms with van der Waals surface area (Å²) in [4.78, 5) is 31.6. The van der Waals surface area contributed by atoms with E-state index in [1.54, 1.807) is 24.5 Å². The Hall–Kier alpha value is -1.95. The van der Waals surface area contributed by atoms with E-state index in [-0.39, 0.29) is 16.9 Å². The molecule has 1 aromatic heterocycles. The average Bonchev–Trinajstić information content (AvgIpc) is 2.79. The molecule has 3 fully saturated rings. The molecule has 1 unspecified atom stereocenters. The second-order valence-corrected chi connectivity index (χ2v) is 9.76. The van der Waals surface area contributed by atoms with Crippen molar-refractivity contribution in [1.29, 1.82) is 0 Å². The first-order chi connectivity index (χ1) is 14.5. The molecule has 2 amide bonds. The number of carbonyl (C=O) groups excluding carboxylic acids is 2. The summed E-state index contributed by atoms with van der Waals surface area (Å²) in [5.41, 5.74) is 0.309. The number of rotatable bonds is 4. The Morgan fingerprint density at radius 1 is 1.20 bits per heavy atom. The van der Waals surface area contributed by atoms with Gasteiger partial charge < -0.3 is 15.0 Å². The highest BCUT2D eigenvalue weighted by atomic mass is 16.5. The third-order valence-corrected chi connectivity index (χ3v) is 7.51. The first kappa shape index (κ1) is 21.3. The van der Waals surface area contributed by atoms with Gasteiger partial charge in [0, 0.05) is 44.0 Å². The SMILES string of the molecule is CC1(C(=O)N2CCC3(CC2)CC(CNC(=O)c2cccnc2)CCO3)CCCCC1. The van der Waals surface area contributed by atoms with Crippen molar-refractivity contribution in [3.05, 3.63) is 30.1 Å². The quantitative estimate of drug-likeness (QED) is 0.819. The fourth-order valence-corrected chi connectivity index (χ4v) is 5.53. The van der Waals surface area contributed by atoms with Gasteiger partial charge in [0.2, 0.25) is 5.91 Å². The van der Waals surface area contributed by atoms with Gasteiger partial charge in [-0.3, -0.25) is 14.6 Å². The zero-order valence-corrected chi connectivity index (χ0v) is 18.2. The van der Waals surface area contributed by atoms with Crippen LogP contribution in [0.15, 0.2) is 24.5 Å². The maximum atomic E-state index is 13.2. The number of likely N-dealkylation sites (tertiary alicyclic amines) is 1. The fourth-order valence-electron chi connectivity index (χ4n) is 5.53. The van der Waals surface area contributed by atoms with E-state index in [0.717, 1.165) is 58.2 Å². The summed E-state index contributed by atoms with van der Waals surface area (Å²) in [6.07, 6.45) is 12.7. The topological polar surface area (TPSA) is 71.5 Å². The Balaban J connectivity index is 1.28. The molecule has 2 saturated heterocycles. The molecule has 3 aliphatic rings. The van der Waals surface area contributed by atoms with Crippen LogP contribution in [0, 0.1) is 11.3 Å². The Labute approximate surface area is 179 Å². The summed E-state index contributed by atoms with van der Waals surface area (Å²) < 4.78 is 6.27. The van der Waals surface area contributed by atoms with E-state index in [2.05, 4.69) is 22.1 Å². The standard InChI is InChI=1S/C24H35N3O3/c1-23(8-3-2-4-9-23)22(29)27-13-10-24(11-14-27)16-19(7-15-30-24)17-26-21(28)20-6-5-12-25-18-20/h5-6,12,18-19H,2-4,7-11,13-17H2,1H3,(H,26,28). The second-order valence-electron chi connectivity index (χ2n) is 9.76. The zero-order chi connectivity index (χ0) is 21.0. The molecule has 1 atom stereocenters. The minimum absolute atomic E-state index is 0.0650. The maximum Gasteiger partial charge on any atom is 0.252 e. The Kier molecular flexibility index (Phi) is 6.42. The third-order valence-electron chi connectivity index (χ3n) is 7.51. The molecule has 30 heavy (non-hydrogen) atoms. The number of nitrogens with zero attached hydrogens (tertiary/aromatic N) is 2. The molecule has 1 aromatic rings. The van der Waals surface area contributed by atoms with Crippen molar-refractivity contribution in [2.24, 2.45) is 11.3 Å². The number of ether oxygens (including phenoxy) is 1. The molecule has 0 aromatic carbocycles. The van der Waals surface area contributed by atoms with Crippen LogP contribution in [-0.4, -0.2) is 53.5 Å². The summed E-state index contributed by atoms with van der Waals surface area (Å²) in [6, 6.07) is 3.56. The lowest BCUT2D eigenvalue weighted by Gasteiger charge is -2.48. The average molecular weight is 414 g/mol. The van der Waals surface area contributed by atoms with Gasteiger partial charge >= 0.3 is 0 Å². The van der Waals surface area contributed by atoms with Gasteiger partial charge in [-0.1, -0.05) is 26.2 Å². The molecular weight excluding hydrogens is 378 g/mol. The van der Waals surface area contributed by atoms with Crippen LogP contribution in [-0.2, 0) is 9.53 Å². The van der Waals surface area contributed by atoms with Crippen LogP contribution in [0.5, 0.6) is 0 Å². The summed E-state index contributed by atoms with van der Waals surface area (Å²) in [5, 5.41) is 3.07. The van der Waals surface area contributed by atoms with Gasteiger partial charge in [0.15, 0.2) is 0 Å². The van der Waals surface area contributed by atoms with Crippen molar-refractivity contribution in [2.45, 2.75) is 70.3 Å². The smallest absolute Gasteiger partial charge is 0.252 e. The van der Waals surface area contributed by atoms with E-state index < -0.39 is 0 Å². The second kappa shape index (κ2) is 9.04. The highest BCUT2D eigenvalue weighted by molar-refractivity contribution is 5.93. The lowest BCUT2D eigenvalue weighted by Crippen LogP contribution is -2.54. The summed E-state index contributed by atoms with van der Waals surface area (Å²) in [5.74, 6) is 0.704. The van der Waals surface area contributed by atoms with E-state index in [9.17, 15) is 9.59 Å². The van der Waals surface area contributed by atoms with E-state index in [1.807, 2.05) is 0 Å². The van der Waals surface area contributed by atoms with Crippen molar-refractivity contribution < 1.29 is 14.3 Å². The van der Waals surface area contributed by atoms with Crippen molar-refractivity contribution in [3.63, 3.8) is 0 Å². The normalized spacial score (nSPS) is 25.6. The zero-order valence-electron chi connectivity index (χ0n) is 18.2. The maximum absolute atomic E-state index is 13.2. The number of carbonyl (C=O) groups is 2. The van der Waals surface area contributed by atoms with Gasteiger partial charge in [0.05, 0.1) is 11.2 Å². The van der Waals surface area contributed by atoms with Gasteiger partial charge in [-0.25, -0.2) is 0 Å². The van der Waals surface area contributed by atoms with Gasteiger partial charge in [-0.05, 0) is 56.6 Å². The molecule has 1 spiro atoms. The van der Waals surface area contributed by atoms with Gasteiger partial charge in [-0.15, -0.1) is 0 Å². The van der Waals surface area contributed by atoms with Crippen molar-refractivity contribution in [1.82, 2.24) is 15.2 Å². The molecule has 1 aliphatic carbocycles. The lowest BCUT2D eigenvalue weighted by molar-refractivity contribution is -0.156. The highest BCUT2D eigenvalue weighted by Crippen LogP contribution is 2.41. The van der Waals surface area contributed by atoms with Crippen LogP contribution in [0.3, 0.4) is 0 Å². The number of hydrogen-bond acceptors (Lipinski definition) is 4. The fraction of sp³-hybridized carbons (Fsp3) is 0.708. The monoisotopic (exact) mass is 413 g/mol. The molecule has 0 radical (unpaired) electrons. The molecule has 0 bridgehead atoms. The summed E-state index contributed by atoms with van der Waals surface area (Å²) >= 11 is 0. The minimum atomic E-state index is -0.157. The van der Waals surface area contributed by atoms with Crippen LogP contribution in [0.4, 0.5) is 0 Å². The van der Waals surface area contributed by atoms with Crippen LogP contribution in [0.1, 0.15) is 75.1 Å². The molecule has 6 heteroatoms. The number of nitrogens with one attached hydrogen (secondary N) is 1. The van der Waals surface area contributed by atoms with E-state index in [1.165, 1.54) is 19.3 Å². The molecule has 4 rings (SSSR count). The van der Waals surface area contributed by atoms with Crippen LogP contribution in [0.25, 0.3) is 0 Å². The number of pyridine rings is 1. The first-order valence-corrected chi connectivity index (χ1v) is 11.6. The Morgan fingerprint density at radius 2 is 1.97 bits per heavy atom. The van der Waals surface area contributed by atoms with Crippen LogP contribution in [0.2, 0.25) is 0 Å². The summed E-state index contributed by atoms with van der Waals surface area (Å²) in [7, 11) is 0. The Bertz CT molecular complexity index is 737. The van der Waals surface area contributed by atoms with Crippen molar-refractivity contribution in [2.75, 3.05) is 26.2 Å². The number of hydrogen-bond donors (Lipinski definition) is 1. The molecule has 6 nitrogen and oxygen atoms in total. The van der Waals surface area contributed by atoms with Crippen molar-refractivity contribution >= 4 is 11.8 Å². The van der Waals surface area contributed by atoms with Gasteiger partial charge in [0.1, 0.15) is 0 Å². The van der Waals surface area contributed by atoms with E-state index in [0.29, 0.717) is 23.9 Å². The third kappa shape index (κ3) is 4.69. The minimum Gasteiger partial charge on any atom is -0.375 e. The molecule has 1 saturated carbocycles. The van der Waals surface area contributed by atoms with Crippen LogP contribution < -0.4 is 5.32 Å². The predicted octanol–water partition coefficient (Wildman–Crippen LogP) is 3.57. The number of amides is 2. The van der Waals surface area contributed by atoms with Crippen LogP contribution >= 0.6 is 0 Å². The van der Waals surface area contributed by atoms with E-state index in [4.69, 9.17) is 4.74 Å². The molecule has 1 N–H and O–H groups in total. The molecular formula is C24H35N3O3. The summed E-state index contributed by atoms with van der Waals surface area (Å²) in [6.45, 7) is 5.15. The molecule has 164 valence electrons. The highest BCUT2D eigenvalue weighted by Gasteiger charge is 2.44. The first-order valence-electron chi connectivity index (χ1n) is 11.6. The van der Waals surface area contributed by atoms with Crippen molar-refractivity contribution in [3.8, 4) is 0 Å².